The van der Waals surface area contributed by atoms with Gasteiger partial charge in [0.15, 0.2) is 12.3 Å². The summed E-state index contributed by atoms with van der Waals surface area (Å²) in [5, 5.41) is 10.1. The molecule has 0 atom stereocenters. The van der Waals surface area contributed by atoms with Gasteiger partial charge in [0.25, 0.3) is 5.91 Å². The van der Waals surface area contributed by atoms with Crippen LogP contribution in [0.1, 0.15) is 28.5 Å². The highest BCUT2D eigenvalue weighted by molar-refractivity contribution is 7.15. The van der Waals surface area contributed by atoms with Crippen LogP contribution in [0.3, 0.4) is 0 Å². The highest BCUT2D eigenvalue weighted by atomic mass is 32.1. The maximum Gasteiger partial charge on any atom is 0.341 e. The first-order chi connectivity index (χ1) is 16.8. The number of carbonyl (C=O) groups is 2. The zero-order valence-electron chi connectivity index (χ0n) is 20.2. The molecule has 1 aromatic carbocycles. The number of anilines is 1. The Morgan fingerprint density at radius 3 is 2.60 bits per heavy atom. The van der Waals surface area contributed by atoms with Crippen molar-refractivity contribution in [3.05, 3.63) is 52.5 Å². The molecule has 4 rings (SSSR count). The third kappa shape index (κ3) is 4.97. The minimum absolute atomic E-state index is 0.215. The van der Waals surface area contributed by atoms with Crippen LogP contribution in [0.15, 0.2) is 35.7 Å². The van der Waals surface area contributed by atoms with Crippen molar-refractivity contribution in [3.8, 4) is 22.8 Å². The van der Waals surface area contributed by atoms with Crippen LogP contribution in [0.4, 0.5) is 5.00 Å². The van der Waals surface area contributed by atoms with Crippen LogP contribution >= 0.6 is 11.3 Å². The maximum absolute atomic E-state index is 12.8. The summed E-state index contributed by atoms with van der Waals surface area (Å²) in [7, 11) is 3.37. The van der Waals surface area contributed by atoms with Crippen molar-refractivity contribution in [2.45, 2.75) is 20.8 Å². The molecule has 0 spiro atoms. The van der Waals surface area contributed by atoms with Gasteiger partial charge in [0.1, 0.15) is 16.3 Å². The molecule has 0 saturated carbocycles. The van der Waals surface area contributed by atoms with E-state index in [1.54, 1.807) is 25.8 Å². The number of methoxy groups -OCH3 is 1. The smallest absolute Gasteiger partial charge is 0.341 e. The molecular formula is C25H26N4O5S. The topological polar surface area (TPSA) is 105 Å². The Hall–Kier alpha value is -3.92. The van der Waals surface area contributed by atoms with Crippen LogP contribution in [0.25, 0.3) is 22.2 Å². The van der Waals surface area contributed by atoms with Gasteiger partial charge in [0, 0.05) is 23.7 Å². The lowest BCUT2D eigenvalue weighted by Gasteiger charge is -2.10. The fourth-order valence-electron chi connectivity index (χ4n) is 3.79. The van der Waals surface area contributed by atoms with E-state index in [0.717, 1.165) is 22.2 Å². The number of fused-ring (bicyclic) bond motifs is 1. The van der Waals surface area contributed by atoms with E-state index in [2.05, 4.69) is 15.4 Å². The zero-order chi connectivity index (χ0) is 25.1. The summed E-state index contributed by atoms with van der Waals surface area (Å²) in [6, 6.07) is 9.26. The molecule has 3 heterocycles. The molecule has 1 N–H and O–H groups in total. The van der Waals surface area contributed by atoms with Gasteiger partial charge in [-0.1, -0.05) is 12.1 Å². The minimum Gasteiger partial charge on any atom is -0.497 e. The molecule has 182 valence electrons. The summed E-state index contributed by atoms with van der Waals surface area (Å²) in [5.41, 5.74) is 4.29. The largest absolute Gasteiger partial charge is 0.497 e. The standard InChI is InChI=1S/C25H26N4O5S/c1-6-33-25(31)21-18(16-7-9-17(32-5)10-8-16)13-35-24(21)27-19(30)12-34-23-20-14(2)11-15(3)26-22(20)29(4)28-23/h7-11,13H,6,12H2,1-5H3,(H,27,30). The highest BCUT2D eigenvalue weighted by Crippen LogP contribution is 2.37. The predicted octanol–water partition coefficient (Wildman–Crippen LogP) is 4.52. The molecule has 0 aliphatic rings. The Labute approximate surface area is 206 Å². The molecule has 35 heavy (non-hydrogen) atoms. The minimum atomic E-state index is -0.511. The fourth-order valence-corrected chi connectivity index (χ4v) is 4.76. The van der Waals surface area contributed by atoms with Crippen LogP contribution in [-0.2, 0) is 16.6 Å². The van der Waals surface area contributed by atoms with Gasteiger partial charge < -0.3 is 19.5 Å². The quantitative estimate of drug-likeness (QED) is 0.359. The number of aryl methyl sites for hydroxylation is 3. The molecule has 4 aromatic rings. The number of benzene rings is 1. The van der Waals surface area contributed by atoms with E-state index >= 15 is 0 Å². The molecular weight excluding hydrogens is 468 g/mol. The van der Waals surface area contributed by atoms with E-state index in [1.165, 1.54) is 11.3 Å². The molecule has 0 saturated heterocycles. The molecule has 0 fully saturated rings. The average Bonchev–Trinajstić information content (AvgIpc) is 3.39. The lowest BCUT2D eigenvalue weighted by molar-refractivity contribution is -0.118. The molecule has 10 heteroatoms. The van der Waals surface area contributed by atoms with E-state index in [-0.39, 0.29) is 13.2 Å². The number of hydrogen-bond acceptors (Lipinski definition) is 8. The van der Waals surface area contributed by atoms with Gasteiger partial charge in [-0.25, -0.2) is 14.5 Å². The van der Waals surface area contributed by atoms with Gasteiger partial charge in [0.05, 0.1) is 19.1 Å². The molecule has 0 radical (unpaired) electrons. The van der Waals surface area contributed by atoms with Crippen molar-refractivity contribution < 1.29 is 23.8 Å². The van der Waals surface area contributed by atoms with Crippen molar-refractivity contribution in [2.75, 3.05) is 25.6 Å². The molecule has 0 aliphatic heterocycles. The lowest BCUT2D eigenvalue weighted by Crippen LogP contribution is -2.21. The summed E-state index contributed by atoms with van der Waals surface area (Å²) in [5.74, 6) is 0.104. The zero-order valence-corrected chi connectivity index (χ0v) is 21.0. The van der Waals surface area contributed by atoms with E-state index in [9.17, 15) is 9.59 Å². The number of amides is 1. The Balaban J connectivity index is 1.56. The van der Waals surface area contributed by atoms with Crippen molar-refractivity contribution in [3.63, 3.8) is 0 Å². The Morgan fingerprint density at radius 1 is 1.17 bits per heavy atom. The second-order valence-corrected chi connectivity index (χ2v) is 8.73. The summed E-state index contributed by atoms with van der Waals surface area (Å²) in [4.78, 5) is 30.1. The molecule has 0 unspecified atom stereocenters. The number of pyridine rings is 1. The lowest BCUT2D eigenvalue weighted by atomic mass is 10.0. The summed E-state index contributed by atoms with van der Waals surface area (Å²) in [6.45, 7) is 5.53. The average molecular weight is 495 g/mol. The van der Waals surface area contributed by atoms with Crippen LogP contribution in [0.2, 0.25) is 0 Å². The van der Waals surface area contributed by atoms with Gasteiger partial charge in [-0.2, -0.15) is 0 Å². The SMILES string of the molecule is CCOC(=O)c1c(-c2ccc(OC)cc2)csc1NC(=O)COc1nn(C)c2nc(C)cc(C)c12. The number of nitrogens with one attached hydrogen (secondary N) is 1. The number of thiophene rings is 1. The summed E-state index contributed by atoms with van der Waals surface area (Å²) >= 11 is 1.25. The normalized spacial score (nSPS) is 10.9. The van der Waals surface area contributed by atoms with Crippen LogP contribution in [0, 0.1) is 13.8 Å². The van der Waals surface area contributed by atoms with Crippen LogP contribution < -0.4 is 14.8 Å². The second kappa shape index (κ2) is 10.1. The van der Waals surface area contributed by atoms with Crippen molar-refractivity contribution in [1.82, 2.24) is 14.8 Å². The molecule has 9 nitrogen and oxygen atoms in total. The number of carbonyl (C=O) groups excluding carboxylic acids is 2. The molecule has 3 aromatic heterocycles. The van der Waals surface area contributed by atoms with Crippen molar-refractivity contribution in [2.24, 2.45) is 7.05 Å². The van der Waals surface area contributed by atoms with Gasteiger partial charge in [-0.3, -0.25) is 4.79 Å². The summed E-state index contributed by atoms with van der Waals surface area (Å²) in [6.07, 6.45) is 0. The number of aromatic nitrogens is 3. The molecule has 0 aliphatic carbocycles. The first kappa shape index (κ1) is 24.2. The Morgan fingerprint density at radius 2 is 1.91 bits per heavy atom. The maximum atomic E-state index is 12.8. The summed E-state index contributed by atoms with van der Waals surface area (Å²) < 4.78 is 17.8. The van der Waals surface area contributed by atoms with Crippen LogP contribution in [-0.4, -0.2) is 47.0 Å². The Bertz CT molecular complexity index is 1390. The number of esters is 1. The number of rotatable bonds is 8. The first-order valence-corrected chi connectivity index (χ1v) is 11.9. The van der Waals surface area contributed by atoms with E-state index in [4.69, 9.17) is 14.2 Å². The van der Waals surface area contributed by atoms with Gasteiger partial charge in [-0.05, 0) is 50.1 Å². The van der Waals surface area contributed by atoms with Crippen LogP contribution in [0.5, 0.6) is 11.6 Å². The van der Waals surface area contributed by atoms with Crippen molar-refractivity contribution >= 4 is 39.2 Å². The van der Waals surface area contributed by atoms with E-state index < -0.39 is 11.9 Å². The van der Waals surface area contributed by atoms with Gasteiger partial charge in [-0.15, -0.1) is 16.4 Å². The highest BCUT2D eigenvalue weighted by Gasteiger charge is 2.23. The number of ether oxygens (including phenoxy) is 3. The molecule has 1 amide bonds. The second-order valence-electron chi connectivity index (χ2n) is 7.85. The number of nitrogens with zero attached hydrogens (tertiary/aromatic N) is 3. The van der Waals surface area contributed by atoms with Crippen molar-refractivity contribution in [1.29, 1.82) is 0 Å². The van der Waals surface area contributed by atoms with Gasteiger partial charge in [0.2, 0.25) is 5.88 Å². The van der Waals surface area contributed by atoms with E-state index in [0.29, 0.717) is 33.4 Å². The third-order valence-corrected chi connectivity index (χ3v) is 6.25. The van der Waals surface area contributed by atoms with E-state index in [1.807, 2.05) is 49.6 Å². The Kier molecular flexibility index (Phi) is 7.02. The first-order valence-electron chi connectivity index (χ1n) is 11.0. The fraction of sp³-hybridized carbons (Fsp3) is 0.280. The van der Waals surface area contributed by atoms with Gasteiger partial charge >= 0.3 is 5.97 Å². The number of hydrogen-bond donors (Lipinski definition) is 1. The third-order valence-electron chi connectivity index (χ3n) is 5.35. The monoisotopic (exact) mass is 494 g/mol. The molecule has 0 bridgehead atoms. The predicted molar refractivity (Wildman–Crippen MR) is 134 cm³/mol.